The van der Waals surface area contributed by atoms with Crippen molar-refractivity contribution in [3.63, 3.8) is 0 Å². The summed E-state index contributed by atoms with van der Waals surface area (Å²) in [5.41, 5.74) is 2.24. The highest BCUT2D eigenvalue weighted by molar-refractivity contribution is 5.79. The van der Waals surface area contributed by atoms with Gasteiger partial charge >= 0.3 is 0 Å². The van der Waals surface area contributed by atoms with E-state index in [0.717, 1.165) is 48.4 Å². The SMILES string of the molecule is CN=C(NCc1ccc(N2CCOC(C)C2)nc1)NCC(C)Oc1ccccc1C. The van der Waals surface area contributed by atoms with Crippen LogP contribution in [0.2, 0.25) is 0 Å². The number of aromatic nitrogens is 1. The summed E-state index contributed by atoms with van der Waals surface area (Å²) in [5.74, 6) is 2.65. The number of aliphatic imine (C=N–C) groups is 1. The molecular formula is C23H33N5O2. The summed E-state index contributed by atoms with van der Waals surface area (Å²) in [6.45, 7) is 10.0. The van der Waals surface area contributed by atoms with E-state index < -0.39 is 0 Å². The molecule has 2 unspecified atom stereocenters. The molecule has 162 valence electrons. The van der Waals surface area contributed by atoms with E-state index >= 15 is 0 Å². The van der Waals surface area contributed by atoms with Crippen molar-refractivity contribution in [2.45, 2.75) is 39.5 Å². The number of nitrogens with one attached hydrogen (secondary N) is 2. The number of aryl methyl sites for hydroxylation is 1. The van der Waals surface area contributed by atoms with Gasteiger partial charge in [-0.1, -0.05) is 24.3 Å². The molecule has 2 aromatic rings. The Morgan fingerprint density at radius 2 is 2.13 bits per heavy atom. The summed E-state index contributed by atoms with van der Waals surface area (Å²) in [6.07, 6.45) is 2.18. The van der Waals surface area contributed by atoms with Gasteiger partial charge in [-0.2, -0.15) is 0 Å². The largest absolute Gasteiger partial charge is 0.489 e. The van der Waals surface area contributed by atoms with Gasteiger partial charge in [-0.3, -0.25) is 4.99 Å². The third-order valence-corrected chi connectivity index (χ3v) is 5.04. The highest BCUT2D eigenvalue weighted by atomic mass is 16.5. The van der Waals surface area contributed by atoms with Gasteiger partial charge in [0, 0.05) is 32.9 Å². The Labute approximate surface area is 179 Å². The first kappa shape index (κ1) is 21.9. The normalized spacial score (nSPS) is 18.1. The Balaban J connectivity index is 1.44. The number of rotatable bonds is 7. The van der Waals surface area contributed by atoms with Crippen molar-refractivity contribution in [3.8, 4) is 5.75 Å². The maximum Gasteiger partial charge on any atom is 0.191 e. The minimum atomic E-state index is 0.0153. The number of guanidine groups is 1. The molecule has 0 radical (unpaired) electrons. The van der Waals surface area contributed by atoms with Crippen molar-refractivity contribution in [2.24, 2.45) is 4.99 Å². The molecule has 1 aromatic heterocycles. The van der Waals surface area contributed by atoms with Gasteiger partial charge in [0.25, 0.3) is 0 Å². The highest BCUT2D eigenvalue weighted by Gasteiger charge is 2.17. The predicted octanol–water partition coefficient (Wildman–Crippen LogP) is 2.75. The van der Waals surface area contributed by atoms with Crippen LogP contribution in [-0.4, -0.2) is 56.4 Å². The lowest BCUT2D eigenvalue weighted by molar-refractivity contribution is 0.0529. The maximum atomic E-state index is 6.01. The minimum Gasteiger partial charge on any atom is -0.489 e. The quantitative estimate of drug-likeness (QED) is 0.539. The van der Waals surface area contributed by atoms with Gasteiger partial charge in [-0.25, -0.2) is 4.98 Å². The highest BCUT2D eigenvalue weighted by Crippen LogP contribution is 2.17. The lowest BCUT2D eigenvalue weighted by Crippen LogP contribution is -2.42. The van der Waals surface area contributed by atoms with E-state index in [1.807, 2.05) is 31.3 Å². The molecule has 7 heteroatoms. The summed E-state index contributed by atoms with van der Waals surface area (Å²) < 4.78 is 11.6. The van der Waals surface area contributed by atoms with Crippen LogP contribution in [0.1, 0.15) is 25.0 Å². The fourth-order valence-electron chi connectivity index (χ4n) is 3.33. The molecule has 0 spiro atoms. The number of pyridine rings is 1. The Kier molecular flexibility index (Phi) is 7.90. The second kappa shape index (κ2) is 10.8. The van der Waals surface area contributed by atoms with Gasteiger partial charge in [0.15, 0.2) is 5.96 Å². The molecule has 1 fully saturated rings. The molecular weight excluding hydrogens is 378 g/mol. The van der Waals surface area contributed by atoms with E-state index in [2.05, 4.69) is 57.6 Å². The zero-order valence-electron chi connectivity index (χ0n) is 18.4. The third kappa shape index (κ3) is 6.35. The predicted molar refractivity (Wildman–Crippen MR) is 121 cm³/mol. The molecule has 1 aliphatic heterocycles. The Bertz CT molecular complexity index is 825. The van der Waals surface area contributed by atoms with Crippen LogP contribution in [-0.2, 0) is 11.3 Å². The number of anilines is 1. The zero-order chi connectivity index (χ0) is 21.3. The second-order valence-corrected chi connectivity index (χ2v) is 7.65. The molecule has 0 amide bonds. The van der Waals surface area contributed by atoms with Crippen molar-refractivity contribution < 1.29 is 9.47 Å². The molecule has 2 N–H and O–H groups in total. The molecule has 0 saturated carbocycles. The molecule has 1 aliphatic rings. The number of morpholine rings is 1. The fraction of sp³-hybridized carbons (Fsp3) is 0.478. The lowest BCUT2D eigenvalue weighted by atomic mass is 10.2. The summed E-state index contributed by atoms with van der Waals surface area (Å²) in [6, 6.07) is 12.2. The van der Waals surface area contributed by atoms with Crippen LogP contribution in [0.25, 0.3) is 0 Å². The average molecular weight is 412 g/mol. The van der Waals surface area contributed by atoms with E-state index in [-0.39, 0.29) is 12.2 Å². The summed E-state index contributed by atoms with van der Waals surface area (Å²) >= 11 is 0. The summed E-state index contributed by atoms with van der Waals surface area (Å²) in [5, 5.41) is 6.65. The smallest absolute Gasteiger partial charge is 0.191 e. The molecule has 2 atom stereocenters. The minimum absolute atomic E-state index is 0.0153. The van der Waals surface area contributed by atoms with E-state index in [4.69, 9.17) is 9.47 Å². The van der Waals surface area contributed by atoms with Crippen LogP contribution < -0.4 is 20.3 Å². The van der Waals surface area contributed by atoms with E-state index in [0.29, 0.717) is 13.1 Å². The third-order valence-electron chi connectivity index (χ3n) is 5.04. The monoisotopic (exact) mass is 411 g/mol. The van der Waals surface area contributed by atoms with Gasteiger partial charge in [0.2, 0.25) is 0 Å². The number of hydrogen-bond acceptors (Lipinski definition) is 5. The number of hydrogen-bond donors (Lipinski definition) is 2. The van der Waals surface area contributed by atoms with Crippen molar-refractivity contribution in [1.29, 1.82) is 0 Å². The Morgan fingerprint density at radius 3 is 2.83 bits per heavy atom. The number of benzene rings is 1. The first-order valence-corrected chi connectivity index (χ1v) is 10.5. The van der Waals surface area contributed by atoms with Gasteiger partial charge in [0.05, 0.1) is 19.3 Å². The molecule has 30 heavy (non-hydrogen) atoms. The first-order valence-electron chi connectivity index (χ1n) is 10.5. The van der Waals surface area contributed by atoms with Gasteiger partial charge < -0.3 is 25.0 Å². The average Bonchev–Trinajstić information content (AvgIpc) is 2.76. The van der Waals surface area contributed by atoms with Crippen molar-refractivity contribution in [2.75, 3.05) is 38.2 Å². The van der Waals surface area contributed by atoms with Crippen LogP contribution in [0.3, 0.4) is 0 Å². The van der Waals surface area contributed by atoms with Gasteiger partial charge in [-0.15, -0.1) is 0 Å². The first-order chi connectivity index (χ1) is 14.5. The van der Waals surface area contributed by atoms with Crippen molar-refractivity contribution >= 4 is 11.8 Å². The van der Waals surface area contributed by atoms with E-state index in [1.54, 1.807) is 7.05 Å². The Hall–Kier alpha value is -2.80. The standard InChI is InChI=1S/C23H33N5O2/c1-17-7-5-6-8-21(17)30-18(2)13-26-23(24-4)27-15-20-9-10-22(25-14-20)28-11-12-29-19(3)16-28/h5-10,14,18-19H,11-13,15-16H2,1-4H3,(H2,24,26,27). The van der Waals surface area contributed by atoms with Gasteiger partial charge in [0.1, 0.15) is 17.7 Å². The molecule has 3 rings (SSSR count). The number of para-hydroxylation sites is 1. The molecule has 0 aliphatic carbocycles. The molecule has 1 saturated heterocycles. The summed E-state index contributed by atoms with van der Waals surface area (Å²) in [7, 11) is 1.77. The molecule has 0 bridgehead atoms. The fourth-order valence-corrected chi connectivity index (χ4v) is 3.33. The lowest BCUT2D eigenvalue weighted by Gasteiger charge is -2.32. The van der Waals surface area contributed by atoms with Crippen LogP contribution in [0, 0.1) is 6.92 Å². The molecule has 7 nitrogen and oxygen atoms in total. The van der Waals surface area contributed by atoms with Crippen LogP contribution in [0.15, 0.2) is 47.6 Å². The van der Waals surface area contributed by atoms with Crippen molar-refractivity contribution in [3.05, 3.63) is 53.7 Å². The molecule has 1 aromatic carbocycles. The van der Waals surface area contributed by atoms with Crippen molar-refractivity contribution in [1.82, 2.24) is 15.6 Å². The van der Waals surface area contributed by atoms with Gasteiger partial charge in [-0.05, 0) is 44.0 Å². The number of nitrogens with zero attached hydrogens (tertiary/aromatic N) is 3. The van der Waals surface area contributed by atoms with Crippen LogP contribution >= 0.6 is 0 Å². The van der Waals surface area contributed by atoms with E-state index in [9.17, 15) is 0 Å². The van der Waals surface area contributed by atoms with Crippen LogP contribution in [0.5, 0.6) is 5.75 Å². The molecule has 2 heterocycles. The maximum absolute atomic E-state index is 6.01. The topological polar surface area (TPSA) is 71.0 Å². The Morgan fingerprint density at radius 1 is 1.30 bits per heavy atom. The summed E-state index contributed by atoms with van der Waals surface area (Å²) in [4.78, 5) is 11.2. The second-order valence-electron chi connectivity index (χ2n) is 7.65. The number of ether oxygens (including phenoxy) is 2. The van der Waals surface area contributed by atoms with Crippen LogP contribution in [0.4, 0.5) is 5.82 Å². The zero-order valence-corrected chi connectivity index (χ0v) is 18.4. The van der Waals surface area contributed by atoms with E-state index in [1.165, 1.54) is 0 Å².